The van der Waals surface area contributed by atoms with Crippen LogP contribution < -0.4 is 4.74 Å². The third-order valence-corrected chi connectivity index (χ3v) is 5.38. The molecule has 0 radical (unpaired) electrons. The summed E-state index contributed by atoms with van der Waals surface area (Å²) in [7, 11) is 1.65. The molecule has 2 saturated heterocycles. The Morgan fingerprint density at radius 3 is 3.00 bits per heavy atom. The number of methoxy groups -OCH3 is 1. The van der Waals surface area contributed by atoms with Crippen molar-refractivity contribution in [1.82, 2.24) is 9.88 Å². The fourth-order valence-corrected chi connectivity index (χ4v) is 4.19. The van der Waals surface area contributed by atoms with Gasteiger partial charge in [0.05, 0.1) is 13.7 Å². The number of nitrogens with zero attached hydrogens (tertiary/aromatic N) is 2. The van der Waals surface area contributed by atoms with Crippen LogP contribution in [-0.2, 0) is 6.54 Å². The molecule has 110 valence electrons. The molecule has 0 amide bonds. The maximum Gasteiger partial charge on any atom is 0.213 e. The zero-order valence-corrected chi connectivity index (χ0v) is 12.4. The zero-order chi connectivity index (χ0) is 14.2. The molecule has 2 bridgehead atoms. The van der Waals surface area contributed by atoms with Crippen molar-refractivity contribution in [2.45, 2.75) is 51.2 Å². The fraction of sp³-hybridized carbons (Fsp3) is 0.688. The van der Waals surface area contributed by atoms with E-state index in [1.165, 1.54) is 18.4 Å². The smallest absolute Gasteiger partial charge is 0.213 e. The first-order valence-electron chi connectivity index (χ1n) is 7.58. The molecule has 0 aromatic carbocycles. The minimum absolute atomic E-state index is 0.125. The third kappa shape index (κ3) is 2.11. The Bertz CT molecular complexity index is 473. The van der Waals surface area contributed by atoms with Crippen LogP contribution >= 0.6 is 0 Å². The second-order valence-corrected chi connectivity index (χ2v) is 6.20. The summed E-state index contributed by atoms with van der Waals surface area (Å²) < 4.78 is 5.20. The number of hydrogen-bond donors (Lipinski definition) is 1. The number of aromatic nitrogens is 1. The van der Waals surface area contributed by atoms with Crippen LogP contribution in [0.15, 0.2) is 18.3 Å². The molecule has 0 aliphatic carbocycles. The molecule has 3 heterocycles. The highest BCUT2D eigenvalue weighted by molar-refractivity contribution is 5.21. The summed E-state index contributed by atoms with van der Waals surface area (Å²) >= 11 is 0. The maximum atomic E-state index is 9.85. The van der Waals surface area contributed by atoms with Gasteiger partial charge in [0.2, 0.25) is 5.88 Å². The Balaban J connectivity index is 1.78. The van der Waals surface area contributed by atoms with Crippen molar-refractivity contribution in [3.8, 4) is 5.88 Å². The second kappa shape index (κ2) is 5.34. The van der Waals surface area contributed by atoms with Gasteiger partial charge in [0.1, 0.15) is 0 Å². The number of aliphatic hydroxyl groups excluding tert-OH is 1. The number of pyridine rings is 1. The van der Waals surface area contributed by atoms with Crippen molar-refractivity contribution in [3.63, 3.8) is 0 Å². The van der Waals surface area contributed by atoms with Gasteiger partial charge in [-0.3, -0.25) is 4.90 Å². The first kappa shape index (κ1) is 13.8. The van der Waals surface area contributed by atoms with E-state index in [2.05, 4.69) is 22.9 Å². The fourth-order valence-electron chi connectivity index (χ4n) is 4.19. The van der Waals surface area contributed by atoms with Gasteiger partial charge >= 0.3 is 0 Å². The molecular weight excluding hydrogens is 252 g/mol. The summed E-state index contributed by atoms with van der Waals surface area (Å²) in [5.41, 5.74) is 1.37. The lowest BCUT2D eigenvalue weighted by Crippen LogP contribution is -2.39. The van der Waals surface area contributed by atoms with E-state index in [-0.39, 0.29) is 5.41 Å². The number of ether oxygens (including phenoxy) is 1. The first-order valence-corrected chi connectivity index (χ1v) is 7.58. The van der Waals surface area contributed by atoms with Crippen molar-refractivity contribution >= 4 is 0 Å². The lowest BCUT2D eigenvalue weighted by atomic mass is 9.72. The highest BCUT2D eigenvalue weighted by Crippen LogP contribution is 2.51. The van der Waals surface area contributed by atoms with Gasteiger partial charge in [-0.2, -0.15) is 0 Å². The molecule has 1 aromatic rings. The normalized spacial score (nSPS) is 32.8. The van der Waals surface area contributed by atoms with Gasteiger partial charge in [-0.15, -0.1) is 0 Å². The molecule has 4 nitrogen and oxygen atoms in total. The number of aliphatic hydroxyl groups is 1. The molecule has 3 atom stereocenters. The van der Waals surface area contributed by atoms with E-state index >= 15 is 0 Å². The topological polar surface area (TPSA) is 45.6 Å². The maximum absolute atomic E-state index is 9.85. The van der Waals surface area contributed by atoms with E-state index in [4.69, 9.17) is 4.74 Å². The highest BCUT2D eigenvalue weighted by Gasteiger charge is 2.54. The SMILES string of the molecule is CC[C@@]1(CO)C[C@@H]2CC[C@H]1N2Cc1ccnc(OC)c1. The van der Waals surface area contributed by atoms with Crippen LogP contribution in [0.3, 0.4) is 0 Å². The molecular formula is C16H24N2O2. The van der Waals surface area contributed by atoms with Crippen molar-refractivity contribution in [2.75, 3.05) is 13.7 Å². The molecule has 4 heteroatoms. The molecule has 3 rings (SSSR count). The summed E-state index contributed by atoms with van der Waals surface area (Å²) in [5, 5.41) is 9.85. The van der Waals surface area contributed by atoms with Crippen molar-refractivity contribution in [1.29, 1.82) is 0 Å². The van der Waals surface area contributed by atoms with E-state index in [0.717, 1.165) is 19.4 Å². The van der Waals surface area contributed by atoms with Gasteiger partial charge in [0.25, 0.3) is 0 Å². The van der Waals surface area contributed by atoms with Crippen LogP contribution in [-0.4, -0.2) is 40.8 Å². The molecule has 0 saturated carbocycles. The quantitative estimate of drug-likeness (QED) is 0.895. The molecule has 0 unspecified atom stereocenters. The summed E-state index contributed by atoms with van der Waals surface area (Å²) in [4.78, 5) is 6.76. The molecule has 2 fully saturated rings. The predicted molar refractivity (Wildman–Crippen MR) is 77.6 cm³/mol. The van der Waals surface area contributed by atoms with E-state index in [0.29, 0.717) is 24.6 Å². The molecule has 1 aromatic heterocycles. The van der Waals surface area contributed by atoms with Crippen LogP contribution in [0, 0.1) is 5.41 Å². The molecule has 0 spiro atoms. The van der Waals surface area contributed by atoms with Gasteiger partial charge in [-0.1, -0.05) is 6.92 Å². The largest absolute Gasteiger partial charge is 0.481 e. The first-order chi connectivity index (χ1) is 9.72. The van der Waals surface area contributed by atoms with Gasteiger partial charge in [0.15, 0.2) is 0 Å². The highest BCUT2D eigenvalue weighted by atomic mass is 16.5. The average Bonchev–Trinajstić information content (AvgIpc) is 3.02. The molecule has 20 heavy (non-hydrogen) atoms. The minimum Gasteiger partial charge on any atom is -0.481 e. The van der Waals surface area contributed by atoms with Crippen molar-refractivity contribution < 1.29 is 9.84 Å². The summed E-state index contributed by atoms with van der Waals surface area (Å²) in [5.74, 6) is 0.679. The average molecular weight is 276 g/mol. The molecule has 2 aliphatic heterocycles. The van der Waals surface area contributed by atoms with Crippen molar-refractivity contribution in [2.24, 2.45) is 5.41 Å². The predicted octanol–water partition coefficient (Wildman–Crippen LogP) is 2.22. The second-order valence-electron chi connectivity index (χ2n) is 6.20. The lowest BCUT2D eigenvalue weighted by molar-refractivity contribution is 0.0713. The van der Waals surface area contributed by atoms with Crippen LogP contribution in [0.2, 0.25) is 0 Å². The van der Waals surface area contributed by atoms with E-state index in [9.17, 15) is 5.11 Å². The van der Waals surface area contributed by atoms with Gasteiger partial charge in [-0.25, -0.2) is 4.98 Å². The summed E-state index contributed by atoms with van der Waals surface area (Å²) in [6.45, 7) is 3.47. The Hall–Kier alpha value is -1.13. The summed E-state index contributed by atoms with van der Waals surface area (Å²) in [6, 6.07) is 5.24. The van der Waals surface area contributed by atoms with E-state index in [1.807, 2.05) is 12.3 Å². The lowest BCUT2D eigenvalue weighted by Gasteiger charge is -2.35. The van der Waals surface area contributed by atoms with Crippen LogP contribution in [0.4, 0.5) is 0 Å². The van der Waals surface area contributed by atoms with Gasteiger partial charge in [0, 0.05) is 36.3 Å². The van der Waals surface area contributed by atoms with Crippen molar-refractivity contribution in [3.05, 3.63) is 23.9 Å². The van der Waals surface area contributed by atoms with Gasteiger partial charge < -0.3 is 9.84 Å². The third-order valence-electron chi connectivity index (χ3n) is 5.38. The molecule has 1 N–H and O–H groups in total. The number of rotatable bonds is 5. The van der Waals surface area contributed by atoms with Crippen LogP contribution in [0.5, 0.6) is 5.88 Å². The monoisotopic (exact) mass is 276 g/mol. The Kier molecular flexibility index (Phi) is 3.69. The minimum atomic E-state index is 0.125. The Morgan fingerprint density at radius 1 is 1.50 bits per heavy atom. The standard InChI is InChI=1S/C16H24N2O2/c1-3-16(11-19)9-13-4-5-14(16)18(13)10-12-6-7-17-15(8-12)20-2/h6-8,13-14,19H,3-5,9-11H2,1-2H3/t13-,14+,16-/m0/s1. The Labute approximate surface area is 120 Å². The van der Waals surface area contributed by atoms with E-state index < -0.39 is 0 Å². The van der Waals surface area contributed by atoms with Crippen LogP contribution in [0.25, 0.3) is 0 Å². The zero-order valence-electron chi connectivity index (χ0n) is 12.4. The summed E-state index contributed by atoms with van der Waals surface area (Å²) in [6.07, 6.45) is 6.52. The molecule has 2 aliphatic rings. The Morgan fingerprint density at radius 2 is 2.35 bits per heavy atom. The van der Waals surface area contributed by atoms with Gasteiger partial charge in [-0.05, 0) is 37.3 Å². The van der Waals surface area contributed by atoms with E-state index in [1.54, 1.807) is 7.11 Å². The van der Waals surface area contributed by atoms with Crippen LogP contribution in [0.1, 0.15) is 38.2 Å². The number of fused-ring (bicyclic) bond motifs is 2. The number of hydrogen-bond acceptors (Lipinski definition) is 4.